The molecule has 0 saturated carbocycles. The minimum absolute atomic E-state index is 0.256. The Morgan fingerprint density at radius 3 is 2.45 bits per heavy atom. The molecule has 2 heterocycles. The molecule has 0 saturated heterocycles. The molecule has 8 heteroatoms. The number of aromatic nitrogens is 3. The molecule has 0 bridgehead atoms. The highest BCUT2D eigenvalue weighted by Crippen LogP contribution is 2.33. The van der Waals surface area contributed by atoms with Crippen LogP contribution >= 0.6 is 23.2 Å². The third-order valence-electron chi connectivity index (χ3n) is 4.58. The number of ether oxygens (including phenoxy) is 1. The van der Waals surface area contributed by atoms with Crippen LogP contribution in [0.25, 0.3) is 22.2 Å². The Morgan fingerprint density at radius 1 is 1.13 bits per heavy atom. The van der Waals surface area contributed by atoms with Crippen molar-refractivity contribution in [3.63, 3.8) is 0 Å². The number of fused-ring (bicyclic) bond motifs is 1. The van der Waals surface area contributed by atoms with Crippen molar-refractivity contribution in [1.82, 2.24) is 14.5 Å². The first-order chi connectivity index (χ1) is 14.8. The molecule has 2 aromatic carbocycles. The summed E-state index contributed by atoms with van der Waals surface area (Å²) in [6.45, 7) is 5.50. The molecule has 0 atom stereocenters. The maximum atomic E-state index is 13.0. The van der Waals surface area contributed by atoms with Crippen LogP contribution in [0.3, 0.4) is 0 Å². The van der Waals surface area contributed by atoms with Crippen molar-refractivity contribution >= 4 is 45.9 Å². The second kappa shape index (κ2) is 8.41. The van der Waals surface area contributed by atoms with Gasteiger partial charge in [0.1, 0.15) is 11.4 Å². The van der Waals surface area contributed by atoms with Crippen molar-refractivity contribution < 1.29 is 4.74 Å². The van der Waals surface area contributed by atoms with Crippen LogP contribution in [-0.4, -0.2) is 14.5 Å². The van der Waals surface area contributed by atoms with E-state index in [1.54, 1.807) is 44.4 Å². The van der Waals surface area contributed by atoms with Crippen molar-refractivity contribution in [3.05, 3.63) is 87.5 Å². The molecule has 4 aromatic rings. The summed E-state index contributed by atoms with van der Waals surface area (Å²) >= 11 is 12.6. The van der Waals surface area contributed by atoms with Crippen molar-refractivity contribution in [2.45, 2.75) is 6.92 Å². The minimum Gasteiger partial charge on any atom is -0.463 e. The van der Waals surface area contributed by atoms with Gasteiger partial charge in [-0.25, -0.2) is 4.98 Å². The molecule has 2 aromatic heterocycles. The molecule has 0 fully saturated rings. The Bertz CT molecular complexity index is 1340. The second-order valence-corrected chi connectivity index (χ2v) is 7.76. The number of anilines is 2. The number of nitrogens with zero attached hydrogens (tertiary/aromatic N) is 3. The third-order valence-corrected chi connectivity index (χ3v) is 5.21. The van der Waals surface area contributed by atoms with Crippen LogP contribution in [0.15, 0.2) is 71.9 Å². The summed E-state index contributed by atoms with van der Waals surface area (Å²) in [4.78, 5) is 21.9. The maximum Gasteiger partial charge on any atom is 0.259 e. The van der Waals surface area contributed by atoms with Crippen LogP contribution < -0.4 is 15.6 Å². The highest BCUT2D eigenvalue weighted by Gasteiger charge is 2.16. The SMILES string of the molecule is C=C(C)Oc1ccc(Nc2ncc3cc(-c4c(Cl)cccc4Cl)c(=O)n(C)c3n2)cc1. The van der Waals surface area contributed by atoms with Gasteiger partial charge in [0.05, 0.1) is 21.4 Å². The zero-order chi connectivity index (χ0) is 22.1. The predicted octanol–water partition coefficient (Wildman–Crippen LogP) is 5.96. The number of pyridine rings is 1. The number of hydrogen-bond acceptors (Lipinski definition) is 5. The summed E-state index contributed by atoms with van der Waals surface area (Å²) in [5, 5.41) is 4.62. The average Bonchev–Trinajstić information content (AvgIpc) is 2.73. The molecule has 4 rings (SSSR count). The molecule has 156 valence electrons. The van der Waals surface area contributed by atoms with Gasteiger partial charge in [0, 0.05) is 29.9 Å². The molecule has 0 amide bonds. The molecule has 6 nitrogen and oxygen atoms in total. The van der Waals surface area contributed by atoms with E-state index in [-0.39, 0.29) is 5.56 Å². The van der Waals surface area contributed by atoms with Crippen molar-refractivity contribution in [2.24, 2.45) is 7.05 Å². The van der Waals surface area contributed by atoms with Crippen LogP contribution in [0.4, 0.5) is 11.6 Å². The Labute approximate surface area is 188 Å². The monoisotopic (exact) mass is 452 g/mol. The van der Waals surface area contributed by atoms with Crippen LogP contribution in [0.2, 0.25) is 10.0 Å². The van der Waals surface area contributed by atoms with E-state index in [1.165, 1.54) is 4.57 Å². The zero-order valence-electron chi connectivity index (χ0n) is 16.8. The number of aryl methyl sites for hydroxylation is 1. The summed E-state index contributed by atoms with van der Waals surface area (Å²) in [6.07, 6.45) is 1.65. The average molecular weight is 453 g/mol. The predicted molar refractivity (Wildman–Crippen MR) is 125 cm³/mol. The van der Waals surface area contributed by atoms with Gasteiger partial charge in [0.25, 0.3) is 5.56 Å². The lowest BCUT2D eigenvalue weighted by molar-refractivity contribution is 0.430. The molecular weight excluding hydrogens is 435 g/mol. The van der Waals surface area contributed by atoms with E-state index in [2.05, 4.69) is 21.9 Å². The summed E-state index contributed by atoms with van der Waals surface area (Å²) < 4.78 is 6.92. The fourth-order valence-electron chi connectivity index (χ4n) is 3.18. The largest absolute Gasteiger partial charge is 0.463 e. The number of allylic oxidation sites excluding steroid dienone is 1. The zero-order valence-corrected chi connectivity index (χ0v) is 18.3. The van der Waals surface area contributed by atoms with Gasteiger partial charge in [-0.05, 0) is 49.4 Å². The molecule has 31 heavy (non-hydrogen) atoms. The fourth-order valence-corrected chi connectivity index (χ4v) is 3.78. The third kappa shape index (κ3) is 4.26. The topological polar surface area (TPSA) is 69.0 Å². The van der Waals surface area contributed by atoms with Gasteiger partial charge in [-0.15, -0.1) is 0 Å². The van der Waals surface area contributed by atoms with Gasteiger partial charge in [-0.3, -0.25) is 9.36 Å². The highest BCUT2D eigenvalue weighted by molar-refractivity contribution is 6.39. The highest BCUT2D eigenvalue weighted by atomic mass is 35.5. The summed E-state index contributed by atoms with van der Waals surface area (Å²) in [7, 11) is 1.65. The van der Waals surface area contributed by atoms with Gasteiger partial charge in [0.15, 0.2) is 0 Å². The Hall–Kier alpha value is -3.35. The first-order valence-corrected chi connectivity index (χ1v) is 10.1. The first kappa shape index (κ1) is 20.9. The van der Waals surface area contributed by atoms with Crippen LogP contribution in [-0.2, 0) is 7.05 Å². The van der Waals surface area contributed by atoms with E-state index in [4.69, 9.17) is 27.9 Å². The van der Waals surface area contributed by atoms with E-state index in [9.17, 15) is 4.79 Å². The van der Waals surface area contributed by atoms with Crippen molar-refractivity contribution in [1.29, 1.82) is 0 Å². The van der Waals surface area contributed by atoms with Crippen LogP contribution in [0, 0.1) is 0 Å². The molecule has 0 spiro atoms. The molecule has 0 radical (unpaired) electrons. The van der Waals surface area contributed by atoms with Crippen LogP contribution in [0.5, 0.6) is 5.75 Å². The summed E-state index contributed by atoms with van der Waals surface area (Å²) in [6, 6.07) is 14.1. The lowest BCUT2D eigenvalue weighted by atomic mass is 10.1. The first-order valence-electron chi connectivity index (χ1n) is 9.35. The summed E-state index contributed by atoms with van der Waals surface area (Å²) in [5.74, 6) is 1.65. The lowest BCUT2D eigenvalue weighted by Crippen LogP contribution is -2.20. The standard InChI is InChI=1S/C23H18Cl2N4O2/c1-13(2)31-16-9-7-15(8-10-16)27-23-26-12-14-11-17(22(30)29(3)21(14)28-23)20-18(24)5-4-6-19(20)25/h4-12H,1H2,2-3H3,(H,26,27,28). The van der Waals surface area contributed by atoms with Crippen molar-refractivity contribution in [3.8, 4) is 16.9 Å². The van der Waals surface area contributed by atoms with Gasteiger partial charge in [-0.2, -0.15) is 4.98 Å². The molecule has 1 N–H and O–H groups in total. The van der Waals surface area contributed by atoms with E-state index >= 15 is 0 Å². The quantitative estimate of drug-likeness (QED) is 0.378. The lowest BCUT2D eigenvalue weighted by Gasteiger charge is -2.12. The van der Waals surface area contributed by atoms with E-state index in [0.29, 0.717) is 49.7 Å². The molecule has 0 aliphatic heterocycles. The van der Waals surface area contributed by atoms with Gasteiger partial charge in [0.2, 0.25) is 5.95 Å². The normalized spacial score (nSPS) is 10.8. The number of nitrogens with one attached hydrogen (secondary N) is 1. The molecule has 0 unspecified atom stereocenters. The number of rotatable bonds is 5. The fraction of sp³-hybridized carbons (Fsp3) is 0.0870. The maximum absolute atomic E-state index is 13.0. The second-order valence-electron chi connectivity index (χ2n) is 6.94. The van der Waals surface area contributed by atoms with E-state index in [0.717, 1.165) is 5.69 Å². The summed E-state index contributed by atoms with van der Waals surface area (Å²) in [5.41, 5.74) is 1.89. The van der Waals surface area contributed by atoms with Crippen molar-refractivity contribution in [2.75, 3.05) is 5.32 Å². The van der Waals surface area contributed by atoms with Crippen LogP contribution in [0.1, 0.15) is 6.92 Å². The number of hydrogen-bond donors (Lipinski definition) is 1. The van der Waals surface area contributed by atoms with E-state index in [1.807, 2.05) is 24.3 Å². The van der Waals surface area contributed by atoms with Gasteiger partial charge < -0.3 is 10.1 Å². The Morgan fingerprint density at radius 2 is 1.81 bits per heavy atom. The smallest absolute Gasteiger partial charge is 0.259 e. The molecule has 0 aliphatic rings. The van der Waals surface area contributed by atoms with E-state index < -0.39 is 0 Å². The van der Waals surface area contributed by atoms with Gasteiger partial charge in [-0.1, -0.05) is 35.8 Å². The molecule has 0 aliphatic carbocycles. The minimum atomic E-state index is -0.256. The molecular formula is C23H18Cl2N4O2. The number of benzene rings is 2. The Balaban J connectivity index is 1.71. The number of halogens is 2. The van der Waals surface area contributed by atoms with Gasteiger partial charge >= 0.3 is 0 Å². The Kier molecular flexibility index (Phi) is 5.67.